The van der Waals surface area contributed by atoms with Crippen molar-refractivity contribution < 1.29 is 0 Å². The van der Waals surface area contributed by atoms with Crippen LogP contribution in [0.15, 0.2) is 163 Å². The van der Waals surface area contributed by atoms with Crippen LogP contribution in [0.1, 0.15) is 12.5 Å². The van der Waals surface area contributed by atoms with E-state index < -0.39 is 8.07 Å². The van der Waals surface area contributed by atoms with Crippen molar-refractivity contribution in [3.63, 3.8) is 0 Å². The largest absolute Gasteiger partial charge is 0.309 e. The molecule has 0 aliphatic rings. The zero-order chi connectivity index (χ0) is 28.5. The van der Waals surface area contributed by atoms with Crippen LogP contribution in [0.3, 0.4) is 0 Å². The molecule has 0 aliphatic carbocycles. The molecule has 7 aromatic rings. The second-order valence-corrected chi connectivity index (χ2v) is 14.6. The molecule has 1 aromatic heterocycles. The average molecular weight is 557 g/mol. The summed E-state index contributed by atoms with van der Waals surface area (Å²) in [6.45, 7) is 2.09. The monoisotopic (exact) mass is 556 g/mol. The molecule has 1 heterocycles. The minimum atomic E-state index is -2.74. The lowest BCUT2D eigenvalue weighted by atomic mass is 10.1. The highest BCUT2D eigenvalue weighted by molar-refractivity contribution is 7.20. The molecule has 0 amide bonds. The van der Waals surface area contributed by atoms with Gasteiger partial charge in [-0.05, 0) is 57.5 Å². The summed E-state index contributed by atoms with van der Waals surface area (Å²) in [5.41, 5.74) is 5.83. The summed E-state index contributed by atoms with van der Waals surface area (Å²) in [4.78, 5) is 4.53. The lowest BCUT2D eigenvalue weighted by molar-refractivity contribution is 1.18. The third-order valence-electron chi connectivity index (χ3n) is 8.58. The molecule has 0 aliphatic heterocycles. The van der Waals surface area contributed by atoms with Crippen LogP contribution < -0.4 is 20.7 Å². The summed E-state index contributed by atoms with van der Waals surface area (Å²) in [7, 11) is -0.866. The van der Waals surface area contributed by atoms with E-state index >= 15 is 0 Å². The third-order valence-corrected chi connectivity index (χ3v) is 13.3. The summed E-state index contributed by atoms with van der Waals surface area (Å²) in [6.07, 6.45) is 0. The molecule has 0 atom stereocenters. The molecular weight excluding hydrogens is 525 g/mol. The molecule has 0 spiro atoms. The Kier molecular flexibility index (Phi) is 6.65. The molecule has 202 valence electrons. The molecule has 6 aromatic carbocycles. The summed E-state index contributed by atoms with van der Waals surface area (Å²) in [5.74, 6) is 0. The Labute approximate surface area is 248 Å². The average Bonchev–Trinajstić information content (AvgIpc) is 3.41. The topological polar surface area (TPSA) is 17.3 Å². The maximum absolute atomic E-state index is 4.53. The molecule has 42 heavy (non-hydrogen) atoms. The maximum Gasteiger partial charge on any atom is 0.179 e. The Morgan fingerprint density at radius 3 is 1.55 bits per heavy atom. The van der Waals surface area contributed by atoms with Gasteiger partial charge in [0.15, 0.2) is 8.07 Å². The molecule has 0 fully saturated rings. The van der Waals surface area contributed by atoms with Crippen molar-refractivity contribution in [3.05, 3.63) is 163 Å². The maximum atomic E-state index is 4.53. The fourth-order valence-electron chi connectivity index (χ4n) is 6.56. The second kappa shape index (κ2) is 10.8. The van der Waals surface area contributed by atoms with Crippen molar-refractivity contribution >= 4 is 56.3 Å². The van der Waals surface area contributed by atoms with Gasteiger partial charge in [-0.25, -0.2) is 0 Å². The molecular formula is C39H32N2Si. The number of fused-ring (bicyclic) bond motifs is 3. The first-order valence-electron chi connectivity index (χ1n) is 14.5. The number of hydrogen-bond donors (Lipinski definition) is 0. The fourth-order valence-corrected chi connectivity index (χ4v) is 11.4. The fraction of sp³-hybridized carbons (Fsp3) is 0.0513. The zero-order valence-corrected chi connectivity index (χ0v) is 24.9. The van der Waals surface area contributed by atoms with Crippen LogP contribution in [0, 0.1) is 0 Å². The Hall–Kier alpha value is -4.99. The number of benzene rings is 6. The summed E-state index contributed by atoms with van der Waals surface area (Å²) >= 11 is 0. The first-order chi connectivity index (χ1) is 20.7. The van der Waals surface area contributed by atoms with Crippen molar-refractivity contribution in [2.75, 3.05) is 7.05 Å². The Bertz CT molecular complexity index is 1960. The van der Waals surface area contributed by atoms with Crippen LogP contribution in [0.5, 0.6) is 0 Å². The van der Waals surface area contributed by atoms with E-state index in [4.69, 9.17) is 0 Å². The van der Waals surface area contributed by atoms with E-state index in [1.165, 1.54) is 48.2 Å². The highest BCUT2D eigenvalue weighted by Gasteiger charge is 2.41. The normalized spacial score (nSPS) is 12.2. The smallest absolute Gasteiger partial charge is 0.179 e. The lowest BCUT2D eigenvalue weighted by Crippen LogP contribution is -2.74. The van der Waals surface area contributed by atoms with Gasteiger partial charge in [-0.15, -0.1) is 0 Å². The first kappa shape index (κ1) is 25.9. The van der Waals surface area contributed by atoms with Crippen molar-refractivity contribution in [2.45, 2.75) is 6.92 Å². The molecule has 3 heteroatoms. The Morgan fingerprint density at radius 2 is 0.976 bits per heavy atom. The summed E-state index contributed by atoms with van der Waals surface area (Å²) in [6, 6.07) is 58.1. The van der Waals surface area contributed by atoms with Crippen LogP contribution >= 0.6 is 0 Å². The number of aromatic nitrogens is 1. The van der Waals surface area contributed by atoms with Crippen LogP contribution in [-0.4, -0.2) is 25.4 Å². The Balaban J connectivity index is 1.58. The predicted octanol–water partition coefficient (Wildman–Crippen LogP) is 6.60. The van der Waals surface area contributed by atoms with Crippen molar-refractivity contribution in [2.24, 2.45) is 4.99 Å². The van der Waals surface area contributed by atoms with Gasteiger partial charge in [-0.2, -0.15) is 0 Å². The van der Waals surface area contributed by atoms with Gasteiger partial charge in [0, 0.05) is 29.2 Å². The molecule has 0 saturated carbocycles. The van der Waals surface area contributed by atoms with E-state index in [0.29, 0.717) is 0 Å². The number of para-hydroxylation sites is 2. The van der Waals surface area contributed by atoms with Crippen molar-refractivity contribution in [1.29, 1.82) is 0 Å². The molecule has 0 unspecified atom stereocenters. The summed E-state index contributed by atoms with van der Waals surface area (Å²) in [5, 5.41) is 7.96. The quantitative estimate of drug-likeness (QED) is 0.125. The number of rotatable bonds is 6. The molecule has 0 bridgehead atoms. The number of nitrogens with zero attached hydrogens (tertiary/aromatic N) is 2. The Morgan fingerprint density at radius 1 is 0.500 bits per heavy atom. The molecule has 2 nitrogen and oxygen atoms in total. The standard InChI is InChI=1S/C39H32N2Si/c1-29(40-2)30-15-13-21-34(27-30)42(32-17-5-3-6-18-32,33-19-7-4-8-20-33)35-22-14-16-31(28-35)41-38-25-11-9-23-36(38)37-24-10-12-26-39(37)41/h3-28H,1-2H3. The lowest BCUT2D eigenvalue weighted by Gasteiger charge is -2.35. The minimum Gasteiger partial charge on any atom is -0.309 e. The summed E-state index contributed by atoms with van der Waals surface area (Å²) < 4.78 is 2.42. The molecule has 0 saturated heterocycles. The van der Waals surface area contributed by atoms with Gasteiger partial charge >= 0.3 is 0 Å². The van der Waals surface area contributed by atoms with E-state index in [2.05, 4.69) is 174 Å². The van der Waals surface area contributed by atoms with Crippen molar-refractivity contribution in [3.8, 4) is 5.69 Å². The molecule has 0 radical (unpaired) electrons. The van der Waals surface area contributed by atoms with E-state index in [0.717, 1.165) is 11.3 Å². The van der Waals surface area contributed by atoms with E-state index in [-0.39, 0.29) is 0 Å². The van der Waals surface area contributed by atoms with Gasteiger partial charge in [0.2, 0.25) is 0 Å². The molecule has 0 N–H and O–H groups in total. The van der Waals surface area contributed by atoms with E-state index in [1.54, 1.807) is 0 Å². The third kappa shape index (κ3) is 4.13. The van der Waals surface area contributed by atoms with E-state index in [9.17, 15) is 0 Å². The number of aliphatic imine (C=N–C) groups is 1. The highest BCUT2D eigenvalue weighted by Crippen LogP contribution is 2.31. The number of hydrogen-bond acceptors (Lipinski definition) is 1. The SMILES string of the molecule is CN=C(C)c1cccc([Si](c2ccccc2)(c2ccccc2)c2cccc(-n3c4ccccc4c4ccccc43)c2)c1. The predicted molar refractivity (Wildman–Crippen MR) is 183 cm³/mol. The molecule has 7 rings (SSSR count). The first-order valence-corrected chi connectivity index (χ1v) is 16.5. The van der Waals surface area contributed by atoms with Crippen LogP contribution in [0.25, 0.3) is 27.5 Å². The van der Waals surface area contributed by atoms with Gasteiger partial charge in [0.1, 0.15) is 0 Å². The van der Waals surface area contributed by atoms with Crippen molar-refractivity contribution in [1.82, 2.24) is 4.57 Å². The van der Waals surface area contributed by atoms with Gasteiger partial charge in [0.05, 0.1) is 11.0 Å². The van der Waals surface area contributed by atoms with Crippen LogP contribution in [-0.2, 0) is 0 Å². The van der Waals surface area contributed by atoms with Gasteiger partial charge in [-0.3, -0.25) is 4.99 Å². The van der Waals surface area contributed by atoms with Crippen LogP contribution in [0.4, 0.5) is 0 Å². The van der Waals surface area contributed by atoms with Gasteiger partial charge in [-0.1, -0.05) is 133 Å². The highest BCUT2D eigenvalue weighted by atomic mass is 28.3. The zero-order valence-electron chi connectivity index (χ0n) is 23.9. The second-order valence-electron chi connectivity index (χ2n) is 10.8. The van der Waals surface area contributed by atoms with Crippen LogP contribution in [0.2, 0.25) is 0 Å². The minimum absolute atomic E-state index is 1.04. The van der Waals surface area contributed by atoms with E-state index in [1.807, 2.05) is 7.05 Å². The van der Waals surface area contributed by atoms with Gasteiger partial charge in [0.25, 0.3) is 0 Å². The van der Waals surface area contributed by atoms with Gasteiger partial charge < -0.3 is 4.57 Å².